The number of hydrogen-bond acceptors (Lipinski definition) is 7. The van der Waals surface area contributed by atoms with Gasteiger partial charge >= 0.3 is 0 Å². The first-order valence-corrected chi connectivity index (χ1v) is 10.0. The number of thioether (sulfide) groups is 1. The molecule has 2 aromatic rings. The number of aryl methyl sites for hydroxylation is 2. The molecule has 0 aliphatic rings. The summed E-state index contributed by atoms with van der Waals surface area (Å²) in [6.07, 6.45) is 2.57. The molecule has 2 rings (SSSR count). The van der Waals surface area contributed by atoms with Crippen LogP contribution >= 0.6 is 11.8 Å². The van der Waals surface area contributed by atoms with Gasteiger partial charge in [0.1, 0.15) is 0 Å². The first kappa shape index (κ1) is 21.7. The van der Waals surface area contributed by atoms with Crippen LogP contribution in [0.15, 0.2) is 34.5 Å². The topological polar surface area (TPSA) is 85.7 Å². The molecule has 0 saturated heterocycles. The highest BCUT2D eigenvalue weighted by atomic mass is 32.2. The molecule has 150 valence electrons. The van der Waals surface area contributed by atoms with E-state index >= 15 is 0 Å². The number of benzene rings is 1. The average molecular weight is 403 g/mol. The number of hydrogen-bond donors (Lipinski definition) is 1. The van der Waals surface area contributed by atoms with Crippen LogP contribution in [0.3, 0.4) is 0 Å². The molecule has 0 aliphatic carbocycles. The first-order chi connectivity index (χ1) is 13.4. The smallest absolute Gasteiger partial charge is 0.250 e. The first-order valence-electron chi connectivity index (χ1n) is 9.03. The van der Waals surface area contributed by atoms with Crippen LogP contribution < -0.4 is 14.9 Å². The monoisotopic (exact) mass is 402 g/mol. The van der Waals surface area contributed by atoms with E-state index in [2.05, 4.69) is 27.4 Å². The standard InChI is InChI=1S/C20H26N4O3S/c1-6-15(4)27-17-8-7-16(10-18(17)26-5)11-21-24-19(25)12-28-20-22-13(2)9-14(3)23-20/h7-11,15H,6,12H2,1-5H3,(H,24,25)/b21-11-/t15-/m1/s1. The molecule has 28 heavy (non-hydrogen) atoms. The third-order valence-electron chi connectivity index (χ3n) is 3.79. The van der Waals surface area contributed by atoms with Gasteiger partial charge in [0, 0.05) is 11.4 Å². The van der Waals surface area contributed by atoms with Crippen molar-refractivity contribution in [3.63, 3.8) is 0 Å². The Hall–Kier alpha value is -2.61. The van der Waals surface area contributed by atoms with E-state index in [1.165, 1.54) is 11.8 Å². The molecule has 7 nitrogen and oxygen atoms in total. The van der Waals surface area contributed by atoms with Crippen LogP contribution in [0.2, 0.25) is 0 Å². The van der Waals surface area contributed by atoms with Gasteiger partial charge in [0.25, 0.3) is 5.91 Å². The lowest BCUT2D eigenvalue weighted by atomic mass is 10.2. The maximum atomic E-state index is 12.0. The van der Waals surface area contributed by atoms with Gasteiger partial charge in [0.2, 0.25) is 0 Å². The number of rotatable bonds is 9. The molecule has 1 heterocycles. The summed E-state index contributed by atoms with van der Waals surface area (Å²) < 4.78 is 11.2. The SMILES string of the molecule is CC[C@@H](C)Oc1ccc(/C=N\NC(=O)CSc2nc(C)cc(C)n2)cc1OC. The minimum Gasteiger partial charge on any atom is -0.493 e. The van der Waals surface area contributed by atoms with Crippen molar-refractivity contribution in [2.45, 2.75) is 45.4 Å². The molecule has 1 amide bonds. The average Bonchev–Trinajstić information content (AvgIpc) is 2.66. The fraction of sp³-hybridized carbons (Fsp3) is 0.400. The fourth-order valence-electron chi connectivity index (χ4n) is 2.26. The van der Waals surface area contributed by atoms with Gasteiger partial charge in [-0.3, -0.25) is 4.79 Å². The Morgan fingerprint density at radius 1 is 1.25 bits per heavy atom. The highest BCUT2D eigenvalue weighted by Crippen LogP contribution is 2.28. The van der Waals surface area contributed by atoms with E-state index in [4.69, 9.17) is 9.47 Å². The third kappa shape index (κ3) is 6.84. The van der Waals surface area contributed by atoms with Crippen molar-refractivity contribution in [3.05, 3.63) is 41.2 Å². The van der Waals surface area contributed by atoms with E-state index in [0.29, 0.717) is 16.7 Å². The summed E-state index contributed by atoms with van der Waals surface area (Å²) >= 11 is 1.27. The second kappa shape index (κ2) is 10.7. The minimum atomic E-state index is -0.229. The molecule has 1 aromatic heterocycles. The minimum absolute atomic E-state index is 0.103. The molecular formula is C20H26N4O3S. The van der Waals surface area contributed by atoms with Crippen molar-refractivity contribution in [2.24, 2.45) is 5.10 Å². The zero-order valence-corrected chi connectivity index (χ0v) is 17.7. The summed E-state index contributed by atoms with van der Waals surface area (Å²) in [6.45, 7) is 7.87. The van der Waals surface area contributed by atoms with E-state index < -0.39 is 0 Å². The van der Waals surface area contributed by atoms with Crippen LogP contribution in [0.25, 0.3) is 0 Å². The molecular weight excluding hydrogens is 376 g/mol. The van der Waals surface area contributed by atoms with E-state index in [-0.39, 0.29) is 17.8 Å². The van der Waals surface area contributed by atoms with Gasteiger partial charge in [-0.05, 0) is 57.0 Å². The Balaban J connectivity index is 1.89. The maximum Gasteiger partial charge on any atom is 0.250 e. The van der Waals surface area contributed by atoms with Gasteiger partial charge in [0.05, 0.1) is 25.2 Å². The summed E-state index contributed by atoms with van der Waals surface area (Å²) in [7, 11) is 1.59. The number of aromatic nitrogens is 2. The van der Waals surface area contributed by atoms with Gasteiger partial charge in [-0.1, -0.05) is 18.7 Å². The van der Waals surface area contributed by atoms with Gasteiger partial charge in [-0.15, -0.1) is 0 Å². The van der Waals surface area contributed by atoms with Crippen molar-refractivity contribution in [1.29, 1.82) is 0 Å². The van der Waals surface area contributed by atoms with Crippen LogP contribution in [0.5, 0.6) is 11.5 Å². The number of ether oxygens (including phenoxy) is 2. The summed E-state index contributed by atoms with van der Waals surface area (Å²) in [5, 5.41) is 4.58. The Kier molecular flexibility index (Phi) is 8.25. The van der Waals surface area contributed by atoms with Crippen molar-refractivity contribution in [2.75, 3.05) is 12.9 Å². The van der Waals surface area contributed by atoms with E-state index in [9.17, 15) is 4.79 Å². The molecule has 0 bridgehead atoms. The number of carbonyl (C=O) groups is 1. The maximum absolute atomic E-state index is 12.0. The zero-order valence-electron chi connectivity index (χ0n) is 16.9. The summed E-state index contributed by atoms with van der Waals surface area (Å²) in [5.41, 5.74) is 5.05. The lowest BCUT2D eigenvalue weighted by Crippen LogP contribution is -2.19. The molecule has 0 spiro atoms. The van der Waals surface area contributed by atoms with Crippen LogP contribution in [-0.4, -0.2) is 41.1 Å². The zero-order chi connectivity index (χ0) is 20.5. The number of nitrogens with one attached hydrogen (secondary N) is 1. The van der Waals surface area contributed by atoms with Crippen LogP contribution in [0.4, 0.5) is 0 Å². The largest absolute Gasteiger partial charge is 0.493 e. The van der Waals surface area contributed by atoms with Gasteiger partial charge in [-0.25, -0.2) is 15.4 Å². The number of hydrazone groups is 1. The molecule has 0 saturated carbocycles. The van der Waals surface area contributed by atoms with Crippen LogP contribution in [-0.2, 0) is 4.79 Å². The highest BCUT2D eigenvalue weighted by molar-refractivity contribution is 7.99. The van der Waals surface area contributed by atoms with Crippen molar-refractivity contribution in [1.82, 2.24) is 15.4 Å². The Morgan fingerprint density at radius 2 is 1.96 bits per heavy atom. The quantitative estimate of drug-likeness (QED) is 0.299. The van der Waals surface area contributed by atoms with E-state index in [0.717, 1.165) is 23.4 Å². The molecule has 1 atom stereocenters. The predicted octanol–water partition coefficient (Wildman–Crippen LogP) is 3.52. The second-order valence-electron chi connectivity index (χ2n) is 6.26. The molecule has 1 aromatic carbocycles. The summed E-state index contributed by atoms with van der Waals surface area (Å²) in [5.74, 6) is 1.26. The molecule has 0 aliphatic heterocycles. The van der Waals surface area contributed by atoms with E-state index in [1.54, 1.807) is 13.3 Å². The Morgan fingerprint density at radius 3 is 2.61 bits per heavy atom. The molecule has 8 heteroatoms. The third-order valence-corrected chi connectivity index (χ3v) is 4.64. The van der Waals surface area contributed by atoms with E-state index in [1.807, 2.05) is 45.0 Å². The highest BCUT2D eigenvalue weighted by Gasteiger charge is 2.09. The lowest BCUT2D eigenvalue weighted by molar-refractivity contribution is -0.118. The normalized spacial score (nSPS) is 12.0. The van der Waals surface area contributed by atoms with Crippen LogP contribution in [0.1, 0.15) is 37.2 Å². The summed E-state index contributed by atoms with van der Waals surface area (Å²) in [4.78, 5) is 20.6. The lowest BCUT2D eigenvalue weighted by Gasteiger charge is -2.15. The predicted molar refractivity (Wildman–Crippen MR) is 111 cm³/mol. The molecule has 1 N–H and O–H groups in total. The van der Waals surface area contributed by atoms with Crippen molar-refractivity contribution < 1.29 is 14.3 Å². The Bertz CT molecular complexity index is 822. The fourth-order valence-corrected chi connectivity index (χ4v) is 3.00. The number of amides is 1. The van der Waals surface area contributed by atoms with Gasteiger partial charge in [0.15, 0.2) is 16.7 Å². The molecule has 0 fully saturated rings. The van der Waals surface area contributed by atoms with Gasteiger partial charge < -0.3 is 9.47 Å². The number of nitrogens with zero attached hydrogens (tertiary/aromatic N) is 3. The second-order valence-corrected chi connectivity index (χ2v) is 7.20. The van der Waals surface area contributed by atoms with Gasteiger partial charge in [-0.2, -0.15) is 5.10 Å². The number of carbonyl (C=O) groups excluding carboxylic acids is 1. The molecule has 0 radical (unpaired) electrons. The number of methoxy groups -OCH3 is 1. The van der Waals surface area contributed by atoms with Crippen LogP contribution in [0, 0.1) is 13.8 Å². The molecule has 0 unspecified atom stereocenters. The van der Waals surface area contributed by atoms with Crippen molar-refractivity contribution >= 4 is 23.9 Å². The van der Waals surface area contributed by atoms with Crippen molar-refractivity contribution in [3.8, 4) is 11.5 Å². The Labute approximate surface area is 170 Å². The summed E-state index contributed by atoms with van der Waals surface area (Å²) in [6, 6.07) is 7.39.